The highest BCUT2D eigenvalue weighted by molar-refractivity contribution is 5.93. The molecular weight excluding hydrogens is 172 g/mol. The summed E-state index contributed by atoms with van der Waals surface area (Å²) in [5.74, 6) is -0.660. The van der Waals surface area contributed by atoms with Crippen molar-refractivity contribution in [3.8, 4) is 0 Å². The van der Waals surface area contributed by atoms with Gasteiger partial charge in [-0.05, 0) is 6.07 Å². The minimum absolute atomic E-state index is 0.243. The topological polar surface area (TPSA) is 86.9 Å². The van der Waals surface area contributed by atoms with Crippen molar-refractivity contribution >= 4 is 11.8 Å². The molecule has 1 aromatic heterocycles. The van der Waals surface area contributed by atoms with Crippen LogP contribution in [0.2, 0.25) is 0 Å². The average Bonchev–Trinajstić information content (AvgIpc) is 2.66. The number of carbonyl (C=O) groups is 2. The Balaban J connectivity index is 2.39. The van der Waals surface area contributed by atoms with Crippen LogP contribution < -0.4 is 10.9 Å². The Kier molecular flexibility index (Phi) is 3.02. The molecule has 0 saturated heterocycles. The molecular formula is C7H10N4O2. The number of hydrogen-bond donors (Lipinski definition) is 3. The summed E-state index contributed by atoms with van der Waals surface area (Å²) in [6.07, 6.45) is 1.78. The standard InChI is InChI=1S/C7H10N4O2/c1-2-6(12)10-11-7(13)5-3-4-8-9-5/h3-4H,2H2,1H3,(H,8,9)(H,10,12)(H,11,13). The van der Waals surface area contributed by atoms with Gasteiger partial charge in [0.1, 0.15) is 5.69 Å². The first-order valence-electron chi connectivity index (χ1n) is 3.82. The summed E-state index contributed by atoms with van der Waals surface area (Å²) in [7, 11) is 0. The van der Waals surface area contributed by atoms with Gasteiger partial charge in [0.25, 0.3) is 5.91 Å². The summed E-state index contributed by atoms with van der Waals surface area (Å²) in [6, 6.07) is 1.51. The number of H-pyrrole nitrogens is 1. The fourth-order valence-electron chi connectivity index (χ4n) is 0.665. The van der Waals surface area contributed by atoms with Gasteiger partial charge in [0.15, 0.2) is 0 Å². The summed E-state index contributed by atoms with van der Waals surface area (Å²) >= 11 is 0. The predicted molar refractivity (Wildman–Crippen MR) is 44.5 cm³/mol. The van der Waals surface area contributed by atoms with Crippen molar-refractivity contribution in [2.24, 2.45) is 0 Å². The summed E-state index contributed by atoms with van der Waals surface area (Å²) in [5, 5.41) is 6.06. The fourth-order valence-corrected chi connectivity index (χ4v) is 0.665. The molecule has 0 radical (unpaired) electrons. The van der Waals surface area contributed by atoms with Crippen LogP contribution in [0.4, 0.5) is 0 Å². The number of nitrogens with one attached hydrogen (secondary N) is 3. The maximum Gasteiger partial charge on any atom is 0.287 e. The Morgan fingerprint density at radius 3 is 2.85 bits per heavy atom. The maximum atomic E-state index is 11.1. The third-order valence-electron chi connectivity index (χ3n) is 1.38. The number of aromatic amines is 1. The van der Waals surface area contributed by atoms with Crippen molar-refractivity contribution in [2.75, 3.05) is 0 Å². The zero-order valence-electron chi connectivity index (χ0n) is 7.13. The second-order valence-electron chi connectivity index (χ2n) is 2.33. The molecule has 6 nitrogen and oxygen atoms in total. The van der Waals surface area contributed by atoms with Gasteiger partial charge in [0, 0.05) is 12.6 Å². The number of aromatic nitrogens is 2. The van der Waals surface area contributed by atoms with Gasteiger partial charge in [0.2, 0.25) is 5.91 Å². The summed E-state index contributed by atoms with van der Waals surface area (Å²) in [4.78, 5) is 21.9. The van der Waals surface area contributed by atoms with Crippen LogP contribution in [0.15, 0.2) is 12.3 Å². The fraction of sp³-hybridized carbons (Fsp3) is 0.286. The van der Waals surface area contributed by atoms with E-state index in [4.69, 9.17) is 0 Å². The minimum Gasteiger partial charge on any atom is -0.273 e. The van der Waals surface area contributed by atoms with E-state index in [0.717, 1.165) is 0 Å². The number of amides is 2. The van der Waals surface area contributed by atoms with Gasteiger partial charge in [0.05, 0.1) is 0 Å². The SMILES string of the molecule is CCC(=O)NNC(=O)c1ccn[nH]1. The van der Waals surface area contributed by atoms with E-state index in [0.29, 0.717) is 12.1 Å². The van der Waals surface area contributed by atoms with E-state index < -0.39 is 5.91 Å². The molecule has 0 saturated carbocycles. The first-order chi connectivity index (χ1) is 6.24. The van der Waals surface area contributed by atoms with Gasteiger partial charge < -0.3 is 0 Å². The number of hydrogen-bond acceptors (Lipinski definition) is 3. The Labute approximate surface area is 74.7 Å². The monoisotopic (exact) mass is 182 g/mol. The van der Waals surface area contributed by atoms with E-state index in [1.807, 2.05) is 0 Å². The van der Waals surface area contributed by atoms with Crippen molar-refractivity contribution in [1.29, 1.82) is 0 Å². The number of hydrazine groups is 1. The molecule has 70 valence electrons. The Hall–Kier alpha value is -1.85. The van der Waals surface area contributed by atoms with Crippen LogP contribution in [0, 0.1) is 0 Å². The van der Waals surface area contributed by atoms with E-state index in [-0.39, 0.29) is 5.91 Å². The third-order valence-corrected chi connectivity index (χ3v) is 1.38. The highest BCUT2D eigenvalue weighted by atomic mass is 16.2. The molecule has 0 atom stereocenters. The molecule has 1 heterocycles. The van der Waals surface area contributed by atoms with Gasteiger partial charge in [-0.15, -0.1) is 0 Å². The smallest absolute Gasteiger partial charge is 0.273 e. The molecule has 0 spiro atoms. The van der Waals surface area contributed by atoms with Crippen LogP contribution in [0.1, 0.15) is 23.8 Å². The maximum absolute atomic E-state index is 11.1. The molecule has 0 unspecified atom stereocenters. The molecule has 1 aromatic rings. The zero-order valence-corrected chi connectivity index (χ0v) is 7.13. The predicted octanol–water partition coefficient (Wildman–Crippen LogP) is -0.419. The van der Waals surface area contributed by atoms with E-state index in [2.05, 4.69) is 21.0 Å². The van der Waals surface area contributed by atoms with Crippen LogP contribution in [-0.2, 0) is 4.79 Å². The Bertz CT molecular complexity index is 293. The summed E-state index contributed by atoms with van der Waals surface area (Å²) in [6.45, 7) is 1.69. The summed E-state index contributed by atoms with van der Waals surface area (Å²) in [5.41, 5.74) is 4.76. The van der Waals surface area contributed by atoms with Gasteiger partial charge in [-0.25, -0.2) is 0 Å². The molecule has 3 N–H and O–H groups in total. The Morgan fingerprint density at radius 1 is 1.54 bits per heavy atom. The second kappa shape index (κ2) is 4.24. The lowest BCUT2D eigenvalue weighted by Gasteiger charge is -2.03. The van der Waals surface area contributed by atoms with Crippen molar-refractivity contribution < 1.29 is 9.59 Å². The van der Waals surface area contributed by atoms with Gasteiger partial charge >= 0.3 is 0 Å². The highest BCUT2D eigenvalue weighted by Gasteiger charge is 2.06. The molecule has 2 amide bonds. The molecule has 1 rings (SSSR count). The molecule has 6 heteroatoms. The van der Waals surface area contributed by atoms with Crippen LogP contribution in [0.5, 0.6) is 0 Å². The zero-order chi connectivity index (χ0) is 9.68. The van der Waals surface area contributed by atoms with Gasteiger partial charge in [-0.3, -0.25) is 25.5 Å². The quantitative estimate of drug-likeness (QED) is 0.543. The van der Waals surface area contributed by atoms with Gasteiger partial charge in [-0.1, -0.05) is 6.92 Å². The van der Waals surface area contributed by atoms with E-state index in [1.54, 1.807) is 6.92 Å². The van der Waals surface area contributed by atoms with E-state index in [1.165, 1.54) is 12.3 Å². The number of carbonyl (C=O) groups excluding carboxylic acids is 2. The van der Waals surface area contributed by atoms with Crippen LogP contribution in [0.25, 0.3) is 0 Å². The number of nitrogens with zero attached hydrogens (tertiary/aromatic N) is 1. The highest BCUT2D eigenvalue weighted by Crippen LogP contribution is 1.88. The number of rotatable bonds is 2. The molecule has 0 aliphatic heterocycles. The average molecular weight is 182 g/mol. The minimum atomic E-state index is -0.417. The van der Waals surface area contributed by atoms with Crippen molar-refractivity contribution in [3.63, 3.8) is 0 Å². The van der Waals surface area contributed by atoms with Crippen LogP contribution in [-0.4, -0.2) is 22.0 Å². The molecule has 0 aliphatic rings. The normalized spacial score (nSPS) is 9.31. The van der Waals surface area contributed by atoms with Crippen LogP contribution in [0.3, 0.4) is 0 Å². The van der Waals surface area contributed by atoms with Crippen molar-refractivity contribution in [3.05, 3.63) is 18.0 Å². The third kappa shape index (κ3) is 2.58. The van der Waals surface area contributed by atoms with Crippen LogP contribution >= 0.6 is 0 Å². The van der Waals surface area contributed by atoms with E-state index in [9.17, 15) is 9.59 Å². The van der Waals surface area contributed by atoms with E-state index >= 15 is 0 Å². The summed E-state index contributed by atoms with van der Waals surface area (Å²) < 4.78 is 0. The lowest BCUT2D eigenvalue weighted by molar-refractivity contribution is -0.121. The molecule has 0 aromatic carbocycles. The molecule has 0 bridgehead atoms. The first kappa shape index (κ1) is 9.24. The Morgan fingerprint density at radius 2 is 2.31 bits per heavy atom. The lowest BCUT2D eigenvalue weighted by atomic mass is 10.4. The first-order valence-corrected chi connectivity index (χ1v) is 3.82. The lowest BCUT2D eigenvalue weighted by Crippen LogP contribution is -2.41. The molecule has 13 heavy (non-hydrogen) atoms. The van der Waals surface area contributed by atoms with Crippen molar-refractivity contribution in [2.45, 2.75) is 13.3 Å². The largest absolute Gasteiger partial charge is 0.287 e. The van der Waals surface area contributed by atoms with Gasteiger partial charge in [-0.2, -0.15) is 5.10 Å². The molecule has 0 fully saturated rings. The van der Waals surface area contributed by atoms with Crippen molar-refractivity contribution in [1.82, 2.24) is 21.0 Å². The molecule has 0 aliphatic carbocycles. The second-order valence-corrected chi connectivity index (χ2v) is 2.33.